The van der Waals surface area contributed by atoms with E-state index in [2.05, 4.69) is 5.32 Å². The second-order valence-electron chi connectivity index (χ2n) is 4.11. The summed E-state index contributed by atoms with van der Waals surface area (Å²) >= 11 is 0. The second kappa shape index (κ2) is 6.58. The molecule has 5 nitrogen and oxygen atoms in total. The maximum Gasteiger partial charge on any atom is 0.338 e. The van der Waals surface area contributed by atoms with Crippen LogP contribution in [-0.4, -0.2) is 25.5 Å². The number of anilines is 1. The number of nitrogen functional groups attached to an aromatic ring is 1. The normalized spacial score (nSPS) is 10.5. The number of carbonyl (C=O) groups is 2. The van der Waals surface area contributed by atoms with Gasteiger partial charge in [0.25, 0.3) is 0 Å². The van der Waals surface area contributed by atoms with Gasteiger partial charge in [0.2, 0.25) is 5.91 Å². The van der Waals surface area contributed by atoms with Gasteiger partial charge in [0, 0.05) is 19.2 Å². The number of rotatable bonds is 4. The van der Waals surface area contributed by atoms with Crippen LogP contribution in [0, 0.1) is 6.92 Å². The van der Waals surface area contributed by atoms with Gasteiger partial charge in [-0.3, -0.25) is 4.79 Å². The van der Waals surface area contributed by atoms with Gasteiger partial charge >= 0.3 is 5.97 Å². The first kappa shape index (κ1) is 14.8. The number of nitrogens with one attached hydrogen (secondary N) is 1. The molecule has 0 aliphatic heterocycles. The molecule has 0 spiro atoms. The van der Waals surface area contributed by atoms with Crippen molar-refractivity contribution >= 4 is 23.6 Å². The summed E-state index contributed by atoms with van der Waals surface area (Å²) in [5.74, 6) is -0.510. The lowest BCUT2D eigenvalue weighted by molar-refractivity contribution is -0.118. The highest BCUT2D eigenvalue weighted by atomic mass is 16.5. The van der Waals surface area contributed by atoms with Crippen LogP contribution < -0.4 is 11.1 Å². The van der Waals surface area contributed by atoms with Crippen LogP contribution in [0.25, 0.3) is 6.08 Å². The topological polar surface area (TPSA) is 81.4 Å². The van der Waals surface area contributed by atoms with Crippen molar-refractivity contribution in [3.05, 3.63) is 34.9 Å². The lowest BCUT2D eigenvalue weighted by Crippen LogP contribution is -2.19. The van der Waals surface area contributed by atoms with E-state index in [4.69, 9.17) is 10.5 Å². The number of hydrogen-bond donors (Lipinski definition) is 2. The number of hydrogen-bond acceptors (Lipinski definition) is 4. The van der Waals surface area contributed by atoms with E-state index in [9.17, 15) is 9.59 Å². The van der Waals surface area contributed by atoms with Crippen molar-refractivity contribution in [3.8, 4) is 0 Å². The summed E-state index contributed by atoms with van der Waals surface area (Å²) in [7, 11) is 1.33. The van der Waals surface area contributed by atoms with Gasteiger partial charge in [0.05, 0.1) is 12.7 Å². The van der Waals surface area contributed by atoms with Crippen molar-refractivity contribution in [2.75, 3.05) is 19.4 Å². The number of methoxy groups -OCH3 is 1. The van der Waals surface area contributed by atoms with Crippen LogP contribution >= 0.6 is 0 Å². The van der Waals surface area contributed by atoms with Crippen molar-refractivity contribution in [1.82, 2.24) is 5.32 Å². The minimum absolute atomic E-state index is 0.0941. The Morgan fingerprint density at radius 2 is 2.11 bits per heavy atom. The van der Waals surface area contributed by atoms with Gasteiger partial charge < -0.3 is 15.8 Å². The first-order valence-electron chi connectivity index (χ1n) is 5.85. The molecule has 0 unspecified atom stereocenters. The van der Waals surface area contributed by atoms with Crippen LogP contribution in [0.5, 0.6) is 0 Å². The maximum atomic E-state index is 11.6. The van der Waals surface area contributed by atoms with Gasteiger partial charge in [-0.2, -0.15) is 0 Å². The van der Waals surface area contributed by atoms with E-state index in [1.807, 2.05) is 0 Å². The zero-order valence-electron chi connectivity index (χ0n) is 11.3. The van der Waals surface area contributed by atoms with Crippen LogP contribution in [0.4, 0.5) is 5.69 Å². The number of benzene rings is 1. The molecule has 5 heteroatoms. The van der Waals surface area contributed by atoms with E-state index in [1.165, 1.54) is 14.0 Å². The smallest absolute Gasteiger partial charge is 0.338 e. The molecule has 0 aromatic heterocycles. The highest BCUT2D eigenvalue weighted by Gasteiger charge is 2.12. The first-order chi connectivity index (χ1) is 8.95. The van der Waals surface area contributed by atoms with Crippen molar-refractivity contribution in [2.45, 2.75) is 13.8 Å². The summed E-state index contributed by atoms with van der Waals surface area (Å²) in [6.45, 7) is 3.65. The zero-order chi connectivity index (χ0) is 14.4. The van der Waals surface area contributed by atoms with Crippen LogP contribution in [0.2, 0.25) is 0 Å². The van der Waals surface area contributed by atoms with Gasteiger partial charge in [0.15, 0.2) is 0 Å². The molecule has 1 rings (SSSR count). The molecule has 102 valence electrons. The Balaban J connectivity index is 2.94. The van der Waals surface area contributed by atoms with Crippen molar-refractivity contribution < 1.29 is 14.3 Å². The van der Waals surface area contributed by atoms with E-state index < -0.39 is 5.97 Å². The van der Waals surface area contributed by atoms with Gasteiger partial charge in [0.1, 0.15) is 0 Å². The average Bonchev–Trinajstić information content (AvgIpc) is 2.37. The molecule has 1 amide bonds. The van der Waals surface area contributed by atoms with E-state index in [1.54, 1.807) is 31.2 Å². The molecule has 0 aliphatic rings. The standard InChI is InChI=1S/C14H18N2O3/c1-9-12(14(18)19-3)7-11(8-13(9)15)5-4-6-16-10(2)17/h4-5,7-8H,6,15H2,1-3H3,(H,16,17). The minimum atomic E-state index is -0.415. The van der Waals surface area contributed by atoms with E-state index in [0.717, 1.165) is 5.56 Å². The molecule has 3 N–H and O–H groups in total. The minimum Gasteiger partial charge on any atom is -0.465 e. The highest BCUT2D eigenvalue weighted by Crippen LogP contribution is 2.20. The van der Waals surface area contributed by atoms with E-state index in [-0.39, 0.29) is 5.91 Å². The predicted molar refractivity (Wildman–Crippen MR) is 74.6 cm³/mol. The fourth-order valence-corrected chi connectivity index (χ4v) is 1.58. The summed E-state index contributed by atoms with van der Waals surface area (Å²) in [6, 6.07) is 3.48. The fraction of sp³-hybridized carbons (Fsp3) is 0.286. The predicted octanol–water partition coefficient (Wildman–Crippen LogP) is 1.51. The summed E-state index contributed by atoms with van der Waals surface area (Å²) < 4.78 is 4.71. The molecule has 0 fully saturated rings. The summed E-state index contributed by atoms with van der Waals surface area (Å²) in [5.41, 5.74) is 8.32. The molecule has 0 aliphatic carbocycles. The Hall–Kier alpha value is -2.30. The van der Waals surface area contributed by atoms with E-state index >= 15 is 0 Å². The molecule has 1 aromatic rings. The van der Waals surface area contributed by atoms with Crippen molar-refractivity contribution in [2.24, 2.45) is 0 Å². The molecule has 0 radical (unpaired) electrons. The molecule has 1 aromatic carbocycles. The number of nitrogens with two attached hydrogens (primary N) is 1. The molecule has 19 heavy (non-hydrogen) atoms. The lowest BCUT2D eigenvalue weighted by atomic mass is 10.0. The van der Waals surface area contributed by atoms with Crippen molar-refractivity contribution in [1.29, 1.82) is 0 Å². The third-order valence-electron chi connectivity index (χ3n) is 2.65. The van der Waals surface area contributed by atoms with Gasteiger partial charge in [-0.1, -0.05) is 12.2 Å². The number of amides is 1. The number of carbonyl (C=O) groups excluding carboxylic acids is 2. The zero-order valence-corrected chi connectivity index (χ0v) is 11.3. The number of esters is 1. The molecule has 0 atom stereocenters. The molecule has 0 heterocycles. The van der Waals surface area contributed by atoms with Crippen LogP contribution in [-0.2, 0) is 9.53 Å². The van der Waals surface area contributed by atoms with Crippen molar-refractivity contribution in [3.63, 3.8) is 0 Å². The molecule has 0 bridgehead atoms. The highest BCUT2D eigenvalue weighted by molar-refractivity contribution is 5.93. The summed E-state index contributed by atoms with van der Waals surface area (Å²) in [4.78, 5) is 22.3. The van der Waals surface area contributed by atoms with E-state index in [0.29, 0.717) is 23.4 Å². The molecule has 0 saturated heterocycles. The molecular formula is C14H18N2O3. The number of ether oxygens (including phenoxy) is 1. The summed E-state index contributed by atoms with van der Waals surface area (Å²) in [6.07, 6.45) is 3.57. The SMILES string of the molecule is COC(=O)c1cc(C=CCNC(C)=O)cc(N)c1C. The van der Waals surface area contributed by atoms with Crippen LogP contribution in [0.3, 0.4) is 0 Å². The Labute approximate surface area is 112 Å². The second-order valence-corrected chi connectivity index (χ2v) is 4.11. The van der Waals surface area contributed by atoms with Gasteiger partial charge in [-0.15, -0.1) is 0 Å². The fourth-order valence-electron chi connectivity index (χ4n) is 1.58. The van der Waals surface area contributed by atoms with Gasteiger partial charge in [-0.25, -0.2) is 4.79 Å². The Kier molecular flexibility index (Phi) is 5.11. The van der Waals surface area contributed by atoms with Crippen LogP contribution in [0.15, 0.2) is 18.2 Å². The Morgan fingerprint density at radius 3 is 2.68 bits per heavy atom. The Bertz CT molecular complexity index is 522. The van der Waals surface area contributed by atoms with Crippen LogP contribution in [0.1, 0.15) is 28.4 Å². The Morgan fingerprint density at radius 1 is 1.42 bits per heavy atom. The average molecular weight is 262 g/mol. The monoisotopic (exact) mass is 262 g/mol. The quantitative estimate of drug-likeness (QED) is 0.636. The first-order valence-corrected chi connectivity index (χ1v) is 5.85. The maximum absolute atomic E-state index is 11.6. The molecule has 0 saturated carbocycles. The third-order valence-corrected chi connectivity index (χ3v) is 2.65. The largest absolute Gasteiger partial charge is 0.465 e. The summed E-state index contributed by atoms with van der Waals surface area (Å²) in [5, 5.41) is 2.64. The third kappa shape index (κ3) is 4.13. The lowest BCUT2D eigenvalue weighted by Gasteiger charge is -2.08. The van der Waals surface area contributed by atoms with Gasteiger partial charge in [-0.05, 0) is 30.2 Å². The molecular weight excluding hydrogens is 244 g/mol.